The summed E-state index contributed by atoms with van der Waals surface area (Å²) >= 11 is 0. The van der Waals surface area contributed by atoms with Crippen molar-refractivity contribution in [2.24, 2.45) is 0 Å². The maximum atomic E-state index is 12.2. The summed E-state index contributed by atoms with van der Waals surface area (Å²) in [6.45, 7) is 0.501. The molecule has 1 aromatic carbocycles. The number of rotatable bonds is 2. The van der Waals surface area contributed by atoms with Crippen molar-refractivity contribution in [3.8, 4) is 0 Å². The fourth-order valence-electron chi connectivity index (χ4n) is 2.05. The second-order valence-electron chi connectivity index (χ2n) is 4.23. The summed E-state index contributed by atoms with van der Waals surface area (Å²) in [6.07, 6.45) is 1.15. The number of hydrogen-bond donors (Lipinski definition) is 0. The van der Waals surface area contributed by atoms with Gasteiger partial charge in [-0.25, -0.2) is 12.7 Å². The van der Waals surface area contributed by atoms with Gasteiger partial charge in [0.2, 0.25) is 10.0 Å². The highest BCUT2D eigenvalue weighted by Crippen LogP contribution is 2.23. The van der Waals surface area contributed by atoms with Crippen LogP contribution in [-0.4, -0.2) is 37.3 Å². The van der Waals surface area contributed by atoms with Crippen LogP contribution in [0.25, 0.3) is 0 Å². The number of sulfonamides is 1. The quantitative estimate of drug-likeness (QED) is 0.746. The Hall–Kier alpha value is -1.20. The lowest BCUT2D eigenvalue weighted by molar-refractivity contribution is 0.0977. The Balaban J connectivity index is 2.32. The highest BCUT2D eigenvalue weighted by molar-refractivity contribution is 7.90. The Kier molecular flexibility index (Phi) is 3.31. The van der Waals surface area contributed by atoms with Crippen molar-refractivity contribution in [2.45, 2.75) is 18.1 Å². The Bertz CT molecular complexity index is 510. The van der Waals surface area contributed by atoms with Crippen molar-refractivity contribution in [2.75, 3.05) is 13.6 Å². The zero-order chi connectivity index (χ0) is 12.5. The van der Waals surface area contributed by atoms with Crippen LogP contribution in [-0.2, 0) is 10.0 Å². The molecule has 92 valence electrons. The van der Waals surface area contributed by atoms with Crippen LogP contribution in [0.15, 0.2) is 30.3 Å². The molecule has 1 heterocycles. The van der Waals surface area contributed by atoms with E-state index in [-0.39, 0.29) is 5.78 Å². The Morgan fingerprint density at radius 3 is 2.59 bits per heavy atom. The summed E-state index contributed by atoms with van der Waals surface area (Å²) in [4.78, 5) is 12.2. The van der Waals surface area contributed by atoms with Crippen LogP contribution < -0.4 is 0 Å². The van der Waals surface area contributed by atoms with Gasteiger partial charge < -0.3 is 0 Å². The lowest BCUT2D eigenvalue weighted by Crippen LogP contribution is -2.45. The Labute approximate surface area is 101 Å². The lowest BCUT2D eigenvalue weighted by atomic mass is 10.0. The third-order valence-corrected chi connectivity index (χ3v) is 5.30. The first-order chi connectivity index (χ1) is 8.03. The molecule has 5 heteroatoms. The molecular formula is C12H15NO3S. The van der Waals surface area contributed by atoms with Gasteiger partial charge in [-0.15, -0.1) is 0 Å². The van der Waals surface area contributed by atoms with E-state index in [4.69, 9.17) is 0 Å². The molecule has 0 spiro atoms. The molecule has 0 saturated carbocycles. The molecule has 0 aromatic heterocycles. The van der Waals surface area contributed by atoms with Gasteiger partial charge in [0.05, 0.1) is 0 Å². The van der Waals surface area contributed by atoms with Gasteiger partial charge in [-0.2, -0.15) is 0 Å². The van der Waals surface area contributed by atoms with Crippen molar-refractivity contribution in [3.63, 3.8) is 0 Å². The molecule has 1 unspecified atom stereocenters. The van der Waals surface area contributed by atoms with Gasteiger partial charge in [-0.05, 0) is 12.8 Å². The van der Waals surface area contributed by atoms with Crippen LogP contribution in [0.1, 0.15) is 23.2 Å². The number of nitrogens with zero attached hydrogens (tertiary/aromatic N) is 1. The zero-order valence-electron chi connectivity index (χ0n) is 9.67. The summed E-state index contributed by atoms with van der Waals surface area (Å²) in [6, 6.07) is 8.61. The van der Waals surface area contributed by atoms with Crippen molar-refractivity contribution >= 4 is 15.8 Å². The molecule has 2 rings (SSSR count). The fourth-order valence-corrected chi connectivity index (χ4v) is 3.74. The summed E-state index contributed by atoms with van der Waals surface area (Å²) in [7, 11) is -1.94. The van der Waals surface area contributed by atoms with Crippen LogP contribution in [0, 0.1) is 0 Å². The standard InChI is InChI=1S/C12H15NO3S/c1-13-9-5-8-11(17(13,15)16)12(14)10-6-3-2-4-7-10/h2-4,6-7,11H,5,8-9H2,1H3. The Morgan fingerprint density at radius 1 is 1.29 bits per heavy atom. The van der Waals surface area contributed by atoms with Gasteiger partial charge >= 0.3 is 0 Å². The van der Waals surface area contributed by atoms with Crippen molar-refractivity contribution in [1.82, 2.24) is 4.31 Å². The maximum absolute atomic E-state index is 12.2. The smallest absolute Gasteiger partial charge is 0.224 e. The average Bonchev–Trinajstić information content (AvgIpc) is 2.33. The molecule has 1 aliphatic heterocycles. The van der Waals surface area contributed by atoms with Crippen LogP contribution in [0.5, 0.6) is 0 Å². The van der Waals surface area contributed by atoms with E-state index < -0.39 is 15.3 Å². The summed E-state index contributed by atoms with van der Waals surface area (Å²) in [5, 5.41) is -0.913. The van der Waals surface area contributed by atoms with Gasteiger partial charge in [0.25, 0.3) is 0 Å². The summed E-state index contributed by atoms with van der Waals surface area (Å²) < 4.78 is 25.3. The predicted molar refractivity (Wildman–Crippen MR) is 65.3 cm³/mol. The van der Waals surface area contributed by atoms with Gasteiger partial charge in [-0.3, -0.25) is 4.79 Å². The van der Waals surface area contributed by atoms with Gasteiger partial charge in [0, 0.05) is 19.2 Å². The van der Waals surface area contributed by atoms with Crippen molar-refractivity contribution in [3.05, 3.63) is 35.9 Å². The first-order valence-corrected chi connectivity index (χ1v) is 7.08. The first kappa shape index (κ1) is 12.3. The van der Waals surface area contributed by atoms with Crippen LogP contribution in [0.2, 0.25) is 0 Å². The molecular weight excluding hydrogens is 238 g/mol. The normalized spacial score (nSPS) is 24.4. The molecule has 0 radical (unpaired) electrons. The molecule has 0 bridgehead atoms. The van der Waals surface area contributed by atoms with E-state index >= 15 is 0 Å². The highest BCUT2D eigenvalue weighted by Gasteiger charge is 2.38. The van der Waals surface area contributed by atoms with E-state index in [9.17, 15) is 13.2 Å². The SMILES string of the molecule is CN1CCCC(C(=O)c2ccccc2)S1(=O)=O. The predicted octanol–water partition coefficient (Wildman–Crippen LogP) is 1.29. The van der Waals surface area contributed by atoms with Crippen LogP contribution in [0.3, 0.4) is 0 Å². The number of benzene rings is 1. The number of hydrogen-bond acceptors (Lipinski definition) is 3. The van der Waals surface area contributed by atoms with Crippen LogP contribution in [0.4, 0.5) is 0 Å². The Morgan fingerprint density at radius 2 is 1.94 bits per heavy atom. The van der Waals surface area contributed by atoms with E-state index in [1.54, 1.807) is 30.3 Å². The lowest BCUT2D eigenvalue weighted by Gasteiger charge is -2.28. The number of carbonyl (C=O) groups is 1. The van der Waals surface area contributed by atoms with E-state index in [0.717, 1.165) is 6.42 Å². The average molecular weight is 253 g/mol. The van der Waals surface area contributed by atoms with Gasteiger partial charge in [0.15, 0.2) is 5.78 Å². The highest BCUT2D eigenvalue weighted by atomic mass is 32.2. The van der Waals surface area contributed by atoms with Crippen molar-refractivity contribution < 1.29 is 13.2 Å². The second kappa shape index (κ2) is 4.58. The minimum Gasteiger partial charge on any atom is -0.293 e. The minimum absolute atomic E-state index is 0.294. The van der Waals surface area contributed by atoms with Crippen molar-refractivity contribution in [1.29, 1.82) is 0 Å². The van der Waals surface area contributed by atoms with E-state index in [1.165, 1.54) is 11.4 Å². The molecule has 17 heavy (non-hydrogen) atoms. The molecule has 4 nitrogen and oxygen atoms in total. The molecule has 1 aliphatic rings. The molecule has 1 atom stereocenters. The fraction of sp³-hybridized carbons (Fsp3) is 0.417. The number of Topliss-reactive ketones (excluding diaryl/α,β-unsaturated/α-hetero) is 1. The monoisotopic (exact) mass is 253 g/mol. The summed E-state index contributed by atoms with van der Waals surface area (Å²) in [5.41, 5.74) is 0.469. The van der Waals surface area contributed by atoms with E-state index in [1.807, 2.05) is 0 Å². The van der Waals surface area contributed by atoms with Crippen LogP contribution >= 0.6 is 0 Å². The molecule has 0 amide bonds. The molecule has 0 aliphatic carbocycles. The zero-order valence-corrected chi connectivity index (χ0v) is 10.5. The van der Waals surface area contributed by atoms with E-state index in [0.29, 0.717) is 18.5 Å². The first-order valence-electron chi connectivity index (χ1n) is 5.58. The molecule has 0 N–H and O–H groups in total. The minimum atomic E-state index is -3.47. The number of carbonyl (C=O) groups excluding carboxylic acids is 1. The van der Waals surface area contributed by atoms with E-state index in [2.05, 4.69) is 0 Å². The third-order valence-electron chi connectivity index (χ3n) is 3.08. The molecule has 1 fully saturated rings. The second-order valence-corrected chi connectivity index (χ2v) is 6.45. The van der Waals surface area contributed by atoms with Gasteiger partial charge in [0.1, 0.15) is 5.25 Å². The third kappa shape index (κ3) is 2.25. The number of ketones is 1. The molecule has 1 aromatic rings. The summed E-state index contributed by atoms with van der Waals surface area (Å²) in [5.74, 6) is -0.294. The molecule has 1 saturated heterocycles. The largest absolute Gasteiger partial charge is 0.293 e. The van der Waals surface area contributed by atoms with Gasteiger partial charge in [-0.1, -0.05) is 30.3 Å². The maximum Gasteiger partial charge on any atom is 0.224 e. The topological polar surface area (TPSA) is 54.5 Å².